The lowest BCUT2D eigenvalue weighted by Crippen LogP contribution is -2.39. The molecule has 1 atom stereocenters. The average Bonchev–Trinajstić information content (AvgIpc) is 2.24. The molecule has 0 fully saturated rings. The van der Waals surface area contributed by atoms with Gasteiger partial charge >= 0.3 is 0 Å². The number of halogens is 1. The maximum Gasteiger partial charge on any atom is 0.253 e. The first-order chi connectivity index (χ1) is 7.45. The average molecular weight is 224 g/mol. The molecule has 0 aromatic heterocycles. The van der Waals surface area contributed by atoms with Crippen molar-refractivity contribution >= 4 is 5.91 Å². The Morgan fingerprint density at radius 3 is 2.62 bits per heavy atom. The van der Waals surface area contributed by atoms with Gasteiger partial charge in [0.1, 0.15) is 5.82 Å². The van der Waals surface area contributed by atoms with E-state index in [-0.39, 0.29) is 11.9 Å². The number of carbonyl (C=O) groups excluding carboxylic acids is 1. The van der Waals surface area contributed by atoms with Crippen molar-refractivity contribution in [3.63, 3.8) is 0 Å². The number of rotatable bonds is 3. The molecule has 0 saturated heterocycles. The van der Waals surface area contributed by atoms with Gasteiger partial charge in [0.2, 0.25) is 0 Å². The molecule has 0 bridgehead atoms. The molecule has 1 aromatic rings. The van der Waals surface area contributed by atoms with Gasteiger partial charge in [-0.15, -0.1) is 0 Å². The third-order valence-corrected chi connectivity index (χ3v) is 2.61. The third kappa shape index (κ3) is 2.79. The van der Waals surface area contributed by atoms with Gasteiger partial charge in [0, 0.05) is 25.2 Å². The Labute approximate surface area is 95.0 Å². The SMILES string of the molecule is Cc1cc(F)cc(C(=O)N(C)[C@H](C)CN)c1. The minimum Gasteiger partial charge on any atom is -0.338 e. The van der Waals surface area contributed by atoms with E-state index in [0.717, 1.165) is 5.56 Å². The van der Waals surface area contributed by atoms with E-state index in [1.54, 1.807) is 20.0 Å². The van der Waals surface area contributed by atoms with Crippen molar-refractivity contribution in [2.45, 2.75) is 19.9 Å². The van der Waals surface area contributed by atoms with Crippen molar-refractivity contribution in [2.24, 2.45) is 5.73 Å². The molecule has 16 heavy (non-hydrogen) atoms. The van der Waals surface area contributed by atoms with Crippen LogP contribution in [0.1, 0.15) is 22.8 Å². The monoisotopic (exact) mass is 224 g/mol. The second kappa shape index (κ2) is 5.07. The van der Waals surface area contributed by atoms with Crippen LogP contribution in [0.2, 0.25) is 0 Å². The maximum atomic E-state index is 13.1. The summed E-state index contributed by atoms with van der Waals surface area (Å²) in [6.07, 6.45) is 0. The minimum absolute atomic E-state index is 0.0592. The summed E-state index contributed by atoms with van der Waals surface area (Å²) in [4.78, 5) is 13.5. The Balaban J connectivity index is 2.96. The molecule has 0 heterocycles. The van der Waals surface area contributed by atoms with E-state index >= 15 is 0 Å². The molecule has 0 aliphatic carbocycles. The lowest BCUT2D eigenvalue weighted by atomic mass is 10.1. The van der Waals surface area contributed by atoms with Crippen LogP contribution >= 0.6 is 0 Å². The van der Waals surface area contributed by atoms with Crippen molar-refractivity contribution in [3.8, 4) is 0 Å². The number of aryl methyl sites for hydroxylation is 1. The van der Waals surface area contributed by atoms with E-state index in [4.69, 9.17) is 5.73 Å². The maximum absolute atomic E-state index is 13.1. The highest BCUT2D eigenvalue weighted by molar-refractivity contribution is 5.94. The number of hydrogen-bond donors (Lipinski definition) is 1. The Bertz CT molecular complexity index is 372. The van der Waals surface area contributed by atoms with Crippen LogP contribution < -0.4 is 5.73 Å². The summed E-state index contributed by atoms with van der Waals surface area (Å²) in [5.41, 5.74) is 6.58. The van der Waals surface area contributed by atoms with Gasteiger partial charge in [0.25, 0.3) is 5.91 Å². The number of amides is 1. The summed E-state index contributed by atoms with van der Waals surface area (Å²) in [7, 11) is 1.67. The molecule has 88 valence electrons. The van der Waals surface area contributed by atoms with Gasteiger partial charge in [-0.2, -0.15) is 0 Å². The number of benzene rings is 1. The van der Waals surface area contributed by atoms with E-state index in [2.05, 4.69) is 0 Å². The van der Waals surface area contributed by atoms with Crippen LogP contribution in [-0.2, 0) is 0 Å². The molecule has 0 radical (unpaired) electrons. The molecule has 3 nitrogen and oxygen atoms in total. The fraction of sp³-hybridized carbons (Fsp3) is 0.417. The van der Waals surface area contributed by atoms with Gasteiger partial charge in [-0.1, -0.05) is 0 Å². The largest absolute Gasteiger partial charge is 0.338 e. The number of carbonyl (C=O) groups is 1. The molecule has 1 rings (SSSR count). The van der Waals surface area contributed by atoms with E-state index in [1.807, 2.05) is 6.92 Å². The predicted octanol–water partition coefficient (Wildman–Crippen LogP) is 1.55. The van der Waals surface area contributed by atoms with Crippen LogP contribution in [0.3, 0.4) is 0 Å². The number of nitrogens with two attached hydrogens (primary N) is 1. The molecular formula is C12H17FN2O. The molecule has 0 spiro atoms. The third-order valence-electron chi connectivity index (χ3n) is 2.61. The summed E-state index contributed by atoms with van der Waals surface area (Å²) in [6.45, 7) is 3.99. The normalized spacial score (nSPS) is 12.3. The second-order valence-corrected chi connectivity index (χ2v) is 4.02. The quantitative estimate of drug-likeness (QED) is 0.846. The van der Waals surface area contributed by atoms with E-state index in [9.17, 15) is 9.18 Å². The zero-order chi connectivity index (χ0) is 12.3. The molecule has 0 aliphatic rings. The van der Waals surface area contributed by atoms with Gasteiger partial charge in [-0.25, -0.2) is 4.39 Å². The number of nitrogens with zero attached hydrogens (tertiary/aromatic N) is 1. The van der Waals surface area contributed by atoms with E-state index < -0.39 is 5.82 Å². The number of likely N-dealkylation sites (N-methyl/N-ethyl adjacent to an activating group) is 1. The van der Waals surface area contributed by atoms with Crippen molar-refractivity contribution in [1.82, 2.24) is 4.90 Å². The van der Waals surface area contributed by atoms with Gasteiger partial charge in [-0.05, 0) is 37.6 Å². The molecule has 1 amide bonds. The van der Waals surface area contributed by atoms with E-state index in [1.165, 1.54) is 17.0 Å². The highest BCUT2D eigenvalue weighted by Gasteiger charge is 2.17. The van der Waals surface area contributed by atoms with Crippen LogP contribution in [0, 0.1) is 12.7 Å². The molecule has 4 heteroatoms. The van der Waals surface area contributed by atoms with Crippen molar-refractivity contribution in [2.75, 3.05) is 13.6 Å². The van der Waals surface area contributed by atoms with Crippen molar-refractivity contribution < 1.29 is 9.18 Å². The summed E-state index contributed by atoms with van der Waals surface area (Å²) >= 11 is 0. The predicted molar refractivity (Wildman–Crippen MR) is 61.7 cm³/mol. The summed E-state index contributed by atoms with van der Waals surface area (Å²) in [6, 6.07) is 4.25. The van der Waals surface area contributed by atoms with Crippen LogP contribution in [0.4, 0.5) is 4.39 Å². The molecular weight excluding hydrogens is 207 g/mol. The zero-order valence-corrected chi connectivity index (χ0v) is 9.83. The summed E-state index contributed by atoms with van der Waals surface area (Å²) in [5, 5.41) is 0. The second-order valence-electron chi connectivity index (χ2n) is 4.02. The highest BCUT2D eigenvalue weighted by Crippen LogP contribution is 2.11. The highest BCUT2D eigenvalue weighted by atomic mass is 19.1. The molecule has 0 aliphatic heterocycles. The first-order valence-corrected chi connectivity index (χ1v) is 5.20. The number of hydrogen-bond acceptors (Lipinski definition) is 2. The van der Waals surface area contributed by atoms with Gasteiger partial charge in [0.05, 0.1) is 0 Å². The van der Waals surface area contributed by atoms with Crippen LogP contribution in [-0.4, -0.2) is 30.4 Å². The topological polar surface area (TPSA) is 46.3 Å². The van der Waals surface area contributed by atoms with Crippen LogP contribution in [0.5, 0.6) is 0 Å². The minimum atomic E-state index is -0.392. The summed E-state index contributed by atoms with van der Waals surface area (Å²) in [5.74, 6) is -0.599. The van der Waals surface area contributed by atoms with Crippen LogP contribution in [0.25, 0.3) is 0 Å². The Kier molecular flexibility index (Phi) is 4.01. The van der Waals surface area contributed by atoms with Gasteiger partial charge < -0.3 is 10.6 Å². The Morgan fingerprint density at radius 2 is 2.12 bits per heavy atom. The summed E-state index contributed by atoms with van der Waals surface area (Å²) < 4.78 is 13.1. The molecule has 2 N–H and O–H groups in total. The van der Waals surface area contributed by atoms with Crippen molar-refractivity contribution in [3.05, 3.63) is 35.1 Å². The lowest BCUT2D eigenvalue weighted by molar-refractivity contribution is 0.0748. The fourth-order valence-electron chi connectivity index (χ4n) is 1.42. The van der Waals surface area contributed by atoms with Gasteiger partial charge in [0.15, 0.2) is 0 Å². The molecule has 0 unspecified atom stereocenters. The first kappa shape index (κ1) is 12.6. The zero-order valence-electron chi connectivity index (χ0n) is 9.83. The van der Waals surface area contributed by atoms with E-state index in [0.29, 0.717) is 12.1 Å². The molecule has 1 aromatic carbocycles. The first-order valence-electron chi connectivity index (χ1n) is 5.20. The molecule has 0 saturated carbocycles. The fourth-order valence-corrected chi connectivity index (χ4v) is 1.42. The lowest BCUT2D eigenvalue weighted by Gasteiger charge is -2.23. The standard InChI is InChI=1S/C12H17FN2O/c1-8-4-10(6-11(13)5-8)12(16)15(3)9(2)7-14/h4-6,9H,7,14H2,1-3H3/t9-/m1/s1. The van der Waals surface area contributed by atoms with Gasteiger partial charge in [-0.3, -0.25) is 4.79 Å². The van der Waals surface area contributed by atoms with Crippen molar-refractivity contribution in [1.29, 1.82) is 0 Å². The smallest absolute Gasteiger partial charge is 0.253 e. The van der Waals surface area contributed by atoms with Crippen LogP contribution in [0.15, 0.2) is 18.2 Å². The Hall–Kier alpha value is -1.42. The Morgan fingerprint density at radius 1 is 1.50 bits per heavy atom.